The largest absolute Gasteiger partial charge is 0.277 e. The van der Waals surface area contributed by atoms with Gasteiger partial charge in [-0.05, 0) is 23.3 Å². The summed E-state index contributed by atoms with van der Waals surface area (Å²) in [5, 5.41) is 0.595. The van der Waals surface area contributed by atoms with Crippen LogP contribution in [0.25, 0.3) is 5.57 Å². The predicted molar refractivity (Wildman–Crippen MR) is 93.9 cm³/mol. The average molecular weight is 344 g/mol. The maximum atomic E-state index is 12.4. The molecule has 1 aliphatic rings. The number of benzene rings is 2. The van der Waals surface area contributed by atoms with Crippen molar-refractivity contribution in [1.82, 2.24) is 4.90 Å². The Balaban J connectivity index is 1.95. The van der Waals surface area contributed by atoms with Gasteiger partial charge in [-0.2, -0.15) is 0 Å². The number of rotatable bonds is 4. The molecule has 3 rings (SSSR count). The number of hydrogen-bond acceptors (Lipinski definition) is 3. The van der Waals surface area contributed by atoms with Crippen molar-refractivity contribution in [1.29, 1.82) is 0 Å². The fraction of sp³-hybridized carbons (Fsp3) is 0.111. The molecule has 0 radical (unpaired) electrons. The Morgan fingerprint density at radius 2 is 1.61 bits per heavy atom. The molecule has 0 fully saturated rings. The summed E-state index contributed by atoms with van der Waals surface area (Å²) >= 11 is 7.30. The topological polar surface area (TPSA) is 37.4 Å². The highest BCUT2D eigenvalue weighted by atomic mass is 35.5. The number of thioether (sulfide) groups is 1. The first kappa shape index (κ1) is 15.8. The smallest absolute Gasteiger partial charge is 0.267 e. The standard InChI is InChI=1S/C18H14ClNO2S/c1-20-17(21)15(13-7-9-14(19)10-8-13)16(18(20)22)23-11-12-5-3-2-4-6-12/h2-10H,11H2,1H3. The van der Waals surface area contributed by atoms with Crippen LogP contribution in [0.15, 0.2) is 59.5 Å². The monoisotopic (exact) mass is 343 g/mol. The van der Waals surface area contributed by atoms with Crippen LogP contribution >= 0.6 is 23.4 Å². The van der Waals surface area contributed by atoms with E-state index in [4.69, 9.17) is 11.6 Å². The molecule has 2 amide bonds. The van der Waals surface area contributed by atoms with Gasteiger partial charge in [0.05, 0.1) is 10.5 Å². The average Bonchev–Trinajstić information content (AvgIpc) is 2.79. The molecule has 0 unspecified atom stereocenters. The fourth-order valence-corrected chi connectivity index (χ4v) is 3.59. The third-order valence-corrected chi connectivity index (χ3v) is 5.00. The molecule has 0 atom stereocenters. The summed E-state index contributed by atoms with van der Waals surface area (Å²) in [5.74, 6) is 0.119. The molecule has 1 aliphatic heterocycles. The molecule has 0 aliphatic carbocycles. The van der Waals surface area contributed by atoms with Gasteiger partial charge >= 0.3 is 0 Å². The number of carbonyl (C=O) groups excluding carboxylic acids is 2. The van der Waals surface area contributed by atoms with Gasteiger partial charge in [-0.15, -0.1) is 11.8 Å². The van der Waals surface area contributed by atoms with Crippen molar-refractivity contribution in [2.75, 3.05) is 7.05 Å². The Hall–Kier alpha value is -2.04. The van der Waals surface area contributed by atoms with Crippen molar-refractivity contribution < 1.29 is 9.59 Å². The quantitative estimate of drug-likeness (QED) is 0.788. The molecule has 5 heteroatoms. The minimum absolute atomic E-state index is 0.249. The number of halogens is 1. The Morgan fingerprint density at radius 1 is 0.957 bits per heavy atom. The lowest BCUT2D eigenvalue weighted by Gasteiger charge is -2.06. The maximum absolute atomic E-state index is 12.4. The molecule has 1 heterocycles. The van der Waals surface area contributed by atoms with Crippen molar-refractivity contribution >= 4 is 40.8 Å². The zero-order valence-electron chi connectivity index (χ0n) is 12.5. The van der Waals surface area contributed by atoms with E-state index in [0.29, 0.717) is 26.8 Å². The van der Waals surface area contributed by atoms with E-state index in [-0.39, 0.29) is 11.8 Å². The first-order valence-electron chi connectivity index (χ1n) is 7.07. The first-order valence-corrected chi connectivity index (χ1v) is 8.43. The summed E-state index contributed by atoms with van der Waals surface area (Å²) in [6, 6.07) is 16.8. The molecule has 2 aromatic carbocycles. The molecule has 3 nitrogen and oxygen atoms in total. The van der Waals surface area contributed by atoms with Crippen molar-refractivity contribution in [3.8, 4) is 0 Å². The first-order chi connectivity index (χ1) is 11.1. The van der Waals surface area contributed by atoms with Crippen LogP contribution < -0.4 is 0 Å². The van der Waals surface area contributed by atoms with E-state index in [0.717, 1.165) is 10.5 Å². The van der Waals surface area contributed by atoms with E-state index in [9.17, 15) is 9.59 Å². The summed E-state index contributed by atoms with van der Waals surface area (Å²) < 4.78 is 0. The summed E-state index contributed by atoms with van der Waals surface area (Å²) in [4.78, 5) is 26.5. The number of amides is 2. The molecule has 0 aromatic heterocycles. The van der Waals surface area contributed by atoms with E-state index >= 15 is 0 Å². The highest BCUT2D eigenvalue weighted by Crippen LogP contribution is 2.37. The van der Waals surface area contributed by atoms with Crippen LogP contribution in [-0.2, 0) is 15.3 Å². The summed E-state index contributed by atoms with van der Waals surface area (Å²) in [6.07, 6.45) is 0. The summed E-state index contributed by atoms with van der Waals surface area (Å²) in [5.41, 5.74) is 2.28. The molecule has 0 saturated carbocycles. The van der Waals surface area contributed by atoms with Crippen molar-refractivity contribution in [2.24, 2.45) is 0 Å². The Bertz CT molecular complexity index is 784. The minimum Gasteiger partial charge on any atom is -0.277 e. The van der Waals surface area contributed by atoms with E-state index in [1.54, 1.807) is 24.3 Å². The number of hydrogen-bond donors (Lipinski definition) is 0. The SMILES string of the molecule is CN1C(=O)C(SCc2ccccc2)=C(c2ccc(Cl)cc2)C1=O. The zero-order chi connectivity index (χ0) is 16.4. The third kappa shape index (κ3) is 3.19. The van der Waals surface area contributed by atoms with Crippen LogP contribution in [0.2, 0.25) is 5.02 Å². The lowest BCUT2D eigenvalue weighted by Crippen LogP contribution is -2.26. The van der Waals surface area contributed by atoms with Crippen LogP contribution in [0.1, 0.15) is 11.1 Å². The fourth-order valence-electron chi connectivity index (χ4n) is 2.35. The van der Waals surface area contributed by atoms with E-state index in [2.05, 4.69) is 0 Å². The van der Waals surface area contributed by atoms with Crippen molar-refractivity contribution in [3.63, 3.8) is 0 Å². The normalized spacial score (nSPS) is 14.8. The Morgan fingerprint density at radius 3 is 2.26 bits per heavy atom. The molecule has 0 bridgehead atoms. The Labute approximate surface area is 143 Å². The van der Waals surface area contributed by atoms with Crippen molar-refractivity contribution in [3.05, 3.63) is 75.7 Å². The number of imide groups is 1. The predicted octanol–water partition coefficient (Wildman–Crippen LogP) is 3.98. The zero-order valence-corrected chi connectivity index (χ0v) is 14.0. The van der Waals surface area contributed by atoms with Crippen LogP contribution in [0.3, 0.4) is 0 Å². The van der Waals surface area contributed by atoms with E-state index in [1.165, 1.54) is 18.8 Å². The molecule has 23 heavy (non-hydrogen) atoms. The molecule has 116 valence electrons. The highest BCUT2D eigenvalue weighted by Gasteiger charge is 2.36. The van der Waals surface area contributed by atoms with Gasteiger partial charge in [0.15, 0.2) is 0 Å². The molecule has 2 aromatic rings. The molecule has 0 saturated heterocycles. The second-order valence-electron chi connectivity index (χ2n) is 5.15. The molecule has 0 spiro atoms. The van der Waals surface area contributed by atoms with Gasteiger partial charge < -0.3 is 0 Å². The summed E-state index contributed by atoms with van der Waals surface area (Å²) in [7, 11) is 1.51. The van der Waals surface area contributed by atoms with Crippen LogP contribution in [-0.4, -0.2) is 23.8 Å². The molecular weight excluding hydrogens is 330 g/mol. The van der Waals surface area contributed by atoms with Gasteiger partial charge in [-0.1, -0.05) is 54.1 Å². The second-order valence-corrected chi connectivity index (χ2v) is 6.58. The second kappa shape index (κ2) is 6.60. The molecule has 0 N–H and O–H groups in total. The maximum Gasteiger partial charge on any atom is 0.267 e. The highest BCUT2D eigenvalue weighted by molar-refractivity contribution is 8.03. The van der Waals surface area contributed by atoms with E-state index < -0.39 is 0 Å². The van der Waals surface area contributed by atoms with Gasteiger partial charge in [0.25, 0.3) is 11.8 Å². The van der Waals surface area contributed by atoms with Crippen LogP contribution in [0, 0.1) is 0 Å². The van der Waals surface area contributed by atoms with Gasteiger partial charge in [0.2, 0.25) is 0 Å². The van der Waals surface area contributed by atoms with Crippen LogP contribution in [0.5, 0.6) is 0 Å². The molecular formula is C18H14ClNO2S. The summed E-state index contributed by atoms with van der Waals surface area (Å²) in [6.45, 7) is 0. The van der Waals surface area contributed by atoms with Gasteiger partial charge in [-0.25, -0.2) is 0 Å². The Kier molecular flexibility index (Phi) is 4.55. The van der Waals surface area contributed by atoms with Gasteiger partial charge in [-0.3, -0.25) is 14.5 Å². The van der Waals surface area contributed by atoms with Gasteiger partial charge in [0.1, 0.15) is 0 Å². The van der Waals surface area contributed by atoms with Crippen LogP contribution in [0.4, 0.5) is 0 Å². The van der Waals surface area contributed by atoms with Crippen molar-refractivity contribution in [2.45, 2.75) is 5.75 Å². The lowest BCUT2D eigenvalue weighted by molar-refractivity contribution is -0.134. The minimum atomic E-state index is -0.270. The van der Waals surface area contributed by atoms with Gasteiger partial charge in [0, 0.05) is 17.8 Å². The number of likely N-dealkylation sites (N-methyl/N-ethyl adjacent to an activating group) is 1. The number of carbonyl (C=O) groups is 2. The third-order valence-electron chi connectivity index (χ3n) is 3.60. The number of nitrogens with zero attached hydrogens (tertiary/aromatic N) is 1. The lowest BCUT2D eigenvalue weighted by atomic mass is 10.1. The van der Waals surface area contributed by atoms with E-state index in [1.807, 2.05) is 30.3 Å².